The van der Waals surface area contributed by atoms with Crippen molar-refractivity contribution in [3.8, 4) is 0 Å². The van der Waals surface area contributed by atoms with Gasteiger partial charge in [0.15, 0.2) is 0 Å². The maximum atomic E-state index is 13.6. The summed E-state index contributed by atoms with van der Waals surface area (Å²) in [6.07, 6.45) is 8.54. The van der Waals surface area contributed by atoms with Crippen molar-refractivity contribution in [2.75, 3.05) is 19.6 Å². The standard InChI is InChI=1S/C13H20FN/c1-11-5-4-6-12(9-13(11)14)10-15-7-2-3-8-15/h6,9,11H,2-5,7-8,10H2,1H3. The number of nitrogens with zero attached hydrogens (tertiary/aromatic N) is 1. The van der Waals surface area contributed by atoms with Crippen molar-refractivity contribution in [1.29, 1.82) is 0 Å². The van der Waals surface area contributed by atoms with E-state index >= 15 is 0 Å². The summed E-state index contributed by atoms with van der Waals surface area (Å²) in [4.78, 5) is 2.42. The minimum atomic E-state index is 0.0675. The first-order valence-corrected chi connectivity index (χ1v) is 6.04. The van der Waals surface area contributed by atoms with Crippen molar-refractivity contribution < 1.29 is 4.39 Å². The van der Waals surface area contributed by atoms with Crippen LogP contribution in [0.15, 0.2) is 23.6 Å². The van der Waals surface area contributed by atoms with E-state index in [0.29, 0.717) is 0 Å². The summed E-state index contributed by atoms with van der Waals surface area (Å²) in [6.45, 7) is 5.28. The van der Waals surface area contributed by atoms with Gasteiger partial charge in [0.2, 0.25) is 0 Å². The van der Waals surface area contributed by atoms with Crippen molar-refractivity contribution in [3.05, 3.63) is 23.6 Å². The third-order valence-electron chi connectivity index (χ3n) is 3.41. The Bertz CT molecular complexity index is 274. The van der Waals surface area contributed by atoms with Gasteiger partial charge in [-0.15, -0.1) is 0 Å². The lowest BCUT2D eigenvalue weighted by molar-refractivity contribution is 0.370. The molecule has 0 amide bonds. The predicted octanol–water partition coefficient (Wildman–Crippen LogP) is 3.29. The Morgan fingerprint density at radius 2 is 2.13 bits per heavy atom. The van der Waals surface area contributed by atoms with Gasteiger partial charge in [0, 0.05) is 12.5 Å². The number of hydrogen-bond donors (Lipinski definition) is 0. The Labute approximate surface area is 91.7 Å². The van der Waals surface area contributed by atoms with Crippen LogP contribution < -0.4 is 0 Å². The summed E-state index contributed by atoms with van der Waals surface area (Å²) in [6, 6.07) is 0. The smallest absolute Gasteiger partial charge is 0.103 e. The van der Waals surface area contributed by atoms with Crippen LogP contribution in [0.3, 0.4) is 0 Å². The average molecular weight is 209 g/mol. The molecule has 1 aliphatic carbocycles. The molecule has 2 rings (SSSR count). The van der Waals surface area contributed by atoms with Gasteiger partial charge in [0.1, 0.15) is 5.83 Å². The number of rotatable bonds is 2. The molecule has 1 saturated heterocycles. The summed E-state index contributed by atoms with van der Waals surface area (Å²) in [7, 11) is 0. The van der Waals surface area contributed by atoms with E-state index in [-0.39, 0.29) is 11.7 Å². The van der Waals surface area contributed by atoms with E-state index in [2.05, 4.69) is 11.0 Å². The summed E-state index contributed by atoms with van der Waals surface area (Å²) >= 11 is 0. The van der Waals surface area contributed by atoms with E-state index in [1.54, 1.807) is 6.08 Å². The van der Waals surface area contributed by atoms with Crippen LogP contribution >= 0.6 is 0 Å². The summed E-state index contributed by atoms with van der Waals surface area (Å²) in [5.74, 6) is 0.176. The summed E-state index contributed by atoms with van der Waals surface area (Å²) in [5.41, 5.74) is 1.18. The first-order valence-electron chi connectivity index (χ1n) is 6.04. The molecular weight excluding hydrogens is 189 g/mol. The van der Waals surface area contributed by atoms with Gasteiger partial charge in [-0.1, -0.05) is 13.0 Å². The lowest BCUT2D eigenvalue weighted by Gasteiger charge is -2.14. The van der Waals surface area contributed by atoms with Gasteiger partial charge >= 0.3 is 0 Å². The molecule has 1 nitrogen and oxygen atoms in total. The van der Waals surface area contributed by atoms with E-state index in [1.807, 2.05) is 6.92 Å². The van der Waals surface area contributed by atoms with Crippen LogP contribution in [0.1, 0.15) is 32.6 Å². The highest BCUT2D eigenvalue weighted by Crippen LogP contribution is 2.24. The quantitative estimate of drug-likeness (QED) is 0.674. The number of likely N-dealkylation sites (tertiary alicyclic amines) is 1. The zero-order valence-corrected chi connectivity index (χ0v) is 9.51. The molecule has 0 aromatic heterocycles. The lowest BCUT2D eigenvalue weighted by atomic mass is 10.1. The minimum Gasteiger partial charge on any atom is -0.299 e. The highest BCUT2D eigenvalue weighted by molar-refractivity contribution is 5.25. The average Bonchev–Trinajstić information content (AvgIpc) is 2.64. The Morgan fingerprint density at radius 1 is 1.40 bits per heavy atom. The van der Waals surface area contributed by atoms with Crippen LogP contribution in [-0.4, -0.2) is 24.5 Å². The molecule has 0 spiro atoms. The molecule has 0 N–H and O–H groups in total. The lowest BCUT2D eigenvalue weighted by Crippen LogP contribution is -2.21. The van der Waals surface area contributed by atoms with Crippen molar-refractivity contribution >= 4 is 0 Å². The molecule has 0 aromatic rings. The van der Waals surface area contributed by atoms with Gasteiger partial charge in [-0.3, -0.25) is 4.90 Å². The van der Waals surface area contributed by atoms with Gasteiger partial charge in [0.25, 0.3) is 0 Å². The largest absolute Gasteiger partial charge is 0.299 e. The normalized spacial score (nSPS) is 28.5. The highest BCUT2D eigenvalue weighted by Gasteiger charge is 2.16. The third kappa shape index (κ3) is 2.91. The molecule has 15 heavy (non-hydrogen) atoms. The fourth-order valence-corrected chi connectivity index (χ4v) is 2.34. The van der Waals surface area contributed by atoms with E-state index < -0.39 is 0 Å². The molecule has 84 valence electrons. The maximum Gasteiger partial charge on any atom is 0.103 e. The SMILES string of the molecule is CC1CCC=C(CN2CCCC2)C=C1F. The first kappa shape index (κ1) is 10.9. The van der Waals surface area contributed by atoms with Crippen LogP contribution in [0.2, 0.25) is 0 Å². The second-order valence-corrected chi connectivity index (χ2v) is 4.77. The minimum absolute atomic E-state index is 0.0675. The van der Waals surface area contributed by atoms with E-state index in [1.165, 1.54) is 31.5 Å². The second kappa shape index (κ2) is 4.93. The topological polar surface area (TPSA) is 3.24 Å². The second-order valence-electron chi connectivity index (χ2n) is 4.77. The first-order chi connectivity index (χ1) is 7.25. The molecule has 1 heterocycles. The van der Waals surface area contributed by atoms with Crippen molar-refractivity contribution in [2.24, 2.45) is 5.92 Å². The monoisotopic (exact) mass is 209 g/mol. The van der Waals surface area contributed by atoms with Crippen LogP contribution in [-0.2, 0) is 0 Å². The molecule has 1 unspecified atom stereocenters. The number of halogens is 1. The molecule has 0 bridgehead atoms. The molecule has 1 aliphatic heterocycles. The van der Waals surface area contributed by atoms with Crippen LogP contribution in [0.4, 0.5) is 4.39 Å². The van der Waals surface area contributed by atoms with Gasteiger partial charge in [-0.2, -0.15) is 0 Å². The van der Waals surface area contributed by atoms with Crippen LogP contribution in [0.25, 0.3) is 0 Å². The molecule has 0 saturated carbocycles. The Kier molecular flexibility index (Phi) is 3.57. The predicted molar refractivity (Wildman–Crippen MR) is 61.3 cm³/mol. The number of allylic oxidation sites excluding steroid dienone is 2. The summed E-state index contributed by atoms with van der Waals surface area (Å²) in [5, 5.41) is 0. The van der Waals surface area contributed by atoms with Crippen molar-refractivity contribution in [1.82, 2.24) is 4.90 Å². The molecular formula is C13H20FN. The molecule has 2 aliphatic rings. The molecule has 1 fully saturated rings. The van der Waals surface area contributed by atoms with E-state index in [4.69, 9.17) is 0 Å². The Balaban J connectivity index is 1.97. The van der Waals surface area contributed by atoms with Gasteiger partial charge < -0.3 is 0 Å². The Morgan fingerprint density at radius 3 is 2.87 bits per heavy atom. The fourth-order valence-electron chi connectivity index (χ4n) is 2.34. The molecule has 0 radical (unpaired) electrons. The third-order valence-corrected chi connectivity index (χ3v) is 3.41. The van der Waals surface area contributed by atoms with Gasteiger partial charge in [0.05, 0.1) is 0 Å². The molecule has 2 heteroatoms. The maximum absolute atomic E-state index is 13.6. The van der Waals surface area contributed by atoms with Crippen LogP contribution in [0.5, 0.6) is 0 Å². The van der Waals surface area contributed by atoms with E-state index in [0.717, 1.165) is 19.4 Å². The van der Waals surface area contributed by atoms with Gasteiger partial charge in [-0.05, 0) is 50.4 Å². The highest BCUT2D eigenvalue weighted by atomic mass is 19.1. The van der Waals surface area contributed by atoms with E-state index in [9.17, 15) is 4.39 Å². The molecule has 1 atom stereocenters. The molecule has 0 aromatic carbocycles. The Hall–Kier alpha value is -0.630. The van der Waals surface area contributed by atoms with Gasteiger partial charge in [-0.25, -0.2) is 4.39 Å². The van der Waals surface area contributed by atoms with Crippen molar-refractivity contribution in [3.63, 3.8) is 0 Å². The van der Waals surface area contributed by atoms with Crippen LogP contribution in [0, 0.1) is 5.92 Å². The van der Waals surface area contributed by atoms with Crippen molar-refractivity contribution in [2.45, 2.75) is 32.6 Å². The number of hydrogen-bond acceptors (Lipinski definition) is 1. The zero-order valence-electron chi connectivity index (χ0n) is 9.51. The zero-order chi connectivity index (χ0) is 10.7. The fraction of sp³-hybridized carbons (Fsp3) is 0.692. The summed E-state index contributed by atoms with van der Waals surface area (Å²) < 4.78 is 13.6.